The second kappa shape index (κ2) is 20.6. The lowest BCUT2D eigenvalue weighted by Crippen LogP contribution is -2.73. The first kappa shape index (κ1) is 49.2. The fourth-order valence-corrected chi connectivity index (χ4v) is 8.78. The van der Waals surface area contributed by atoms with Gasteiger partial charge in [-0.1, -0.05) is 13.8 Å². The highest BCUT2D eigenvalue weighted by atomic mass is 16.8. The summed E-state index contributed by atoms with van der Waals surface area (Å²) in [5.41, 5.74) is 8.38. The predicted molar refractivity (Wildman–Crippen MR) is 204 cm³/mol. The number of hydrogen-bond acceptors (Lipinski definition) is 19. The van der Waals surface area contributed by atoms with E-state index in [0.717, 1.165) is 6.42 Å². The topological polar surface area (TPSA) is 415 Å². The van der Waals surface area contributed by atoms with E-state index in [9.17, 15) is 60.0 Å². The summed E-state index contributed by atoms with van der Waals surface area (Å²) in [6.07, 6.45) is -15.6. The maximum absolute atomic E-state index is 12.2. The van der Waals surface area contributed by atoms with Gasteiger partial charge < -0.3 is 87.2 Å². The van der Waals surface area contributed by atoms with E-state index in [4.69, 9.17) is 41.2 Å². The Kier molecular flexibility index (Phi) is 16.9. The van der Waals surface area contributed by atoms with Crippen LogP contribution in [0, 0.1) is 34.5 Å². The number of carbonyl (C=O) groups excluding carboxylic acids is 4. The SMILES string of the molecule is CN[C@@H]1[C@H](O[C@H]2[C@H](O[C@H]3[C@H](O)[C@@H](O)[C@H](NC(=N)N)[C@@H](O)[C@@H]3NC(=N)N)O[C@@H](C)[C@]2(O)C=O)O[C@@H](CO)[C@H](O)[C@H]1O.C[C@@H]1C[C@@H]([C@H](O)CC2CC(=O)NC(=O)C2)C(=O)[C@@H](C)C1. The molecular weight excluding hydrogens is 800 g/mol. The average Bonchev–Trinajstić information content (AvgIpc) is 3.40. The third-order valence-electron chi connectivity index (χ3n) is 12.0. The van der Waals surface area contributed by atoms with Gasteiger partial charge in [0.2, 0.25) is 11.8 Å². The molecule has 0 radical (unpaired) electrons. The number of aliphatic hydroxyl groups is 8. The van der Waals surface area contributed by atoms with Gasteiger partial charge in [-0.3, -0.25) is 35.3 Å². The van der Waals surface area contributed by atoms with E-state index in [1.807, 2.05) is 6.92 Å². The molecule has 5 fully saturated rings. The Bertz CT molecular complexity index is 1530. The van der Waals surface area contributed by atoms with Crippen LogP contribution in [0.2, 0.25) is 0 Å². The van der Waals surface area contributed by atoms with Gasteiger partial charge in [-0.15, -0.1) is 0 Å². The molecular formula is C36H62N8O16. The highest BCUT2D eigenvalue weighted by Gasteiger charge is 2.61. The third-order valence-corrected chi connectivity index (χ3v) is 12.0. The van der Waals surface area contributed by atoms with Crippen LogP contribution in [0.25, 0.3) is 0 Å². The zero-order valence-corrected chi connectivity index (χ0v) is 33.8. The minimum Gasteiger partial charge on any atom is -0.394 e. The first-order chi connectivity index (χ1) is 28.1. The number of piperidine rings is 1. The molecule has 24 heteroatoms. The quantitative estimate of drug-likeness (QED) is 0.0375. The largest absolute Gasteiger partial charge is 0.394 e. The third kappa shape index (κ3) is 10.9. The summed E-state index contributed by atoms with van der Waals surface area (Å²) >= 11 is 0. The molecule has 24 nitrogen and oxygen atoms in total. The first-order valence-corrected chi connectivity index (χ1v) is 19.8. The molecule has 0 unspecified atom stereocenters. The van der Waals surface area contributed by atoms with E-state index in [0.29, 0.717) is 18.8 Å². The van der Waals surface area contributed by atoms with Crippen LogP contribution < -0.4 is 32.7 Å². The normalized spacial score (nSPS) is 42.9. The maximum atomic E-state index is 12.2. The van der Waals surface area contributed by atoms with Crippen LogP contribution in [0.3, 0.4) is 0 Å². The summed E-state index contributed by atoms with van der Waals surface area (Å²) in [6, 6.07) is -3.95. The smallest absolute Gasteiger partial charge is 0.226 e. The zero-order chi connectivity index (χ0) is 45.0. The fraction of sp³-hybridized carbons (Fsp3) is 0.833. The van der Waals surface area contributed by atoms with Gasteiger partial charge in [-0.25, -0.2) is 0 Å². The van der Waals surface area contributed by atoms with Crippen molar-refractivity contribution < 1.29 is 79.0 Å². The van der Waals surface area contributed by atoms with Gasteiger partial charge in [0, 0.05) is 24.7 Å². The van der Waals surface area contributed by atoms with Crippen molar-refractivity contribution in [2.75, 3.05) is 13.7 Å². The van der Waals surface area contributed by atoms with Crippen LogP contribution in [0.5, 0.6) is 0 Å². The van der Waals surface area contributed by atoms with Gasteiger partial charge in [0.05, 0.1) is 43.0 Å². The Labute approximate surface area is 345 Å². The Morgan fingerprint density at radius 1 is 0.883 bits per heavy atom. The highest BCUT2D eigenvalue weighted by molar-refractivity contribution is 5.97. The molecule has 342 valence electrons. The number of guanidine groups is 2. The monoisotopic (exact) mass is 862 g/mol. The number of imide groups is 1. The lowest BCUT2D eigenvalue weighted by molar-refractivity contribution is -0.314. The summed E-state index contributed by atoms with van der Waals surface area (Å²) in [5.74, 6) is -1.79. The summed E-state index contributed by atoms with van der Waals surface area (Å²) in [5, 5.41) is 109. The van der Waals surface area contributed by atoms with Crippen LogP contribution in [-0.2, 0) is 38.1 Å². The second-order valence-electron chi connectivity index (χ2n) is 16.5. The Balaban J connectivity index is 0.000000331. The van der Waals surface area contributed by atoms with Crippen molar-refractivity contribution in [1.82, 2.24) is 21.3 Å². The van der Waals surface area contributed by atoms with Crippen molar-refractivity contribution in [3.63, 3.8) is 0 Å². The van der Waals surface area contributed by atoms with E-state index in [1.54, 1.807) is 0 Å². The minimum absolute atomic E-state index is 0.00492. The zero-order valence-electron chi connectivity index (χ0n) is 33.8. The molecule has 3 aliphatic heterocycles. The molecule has 2 saturated carbocycles. The van der Waals surface area contributed by atoms with Crippen molar-refractivity contribution in [1.29, 1.82) is 10.8 Å². The second-order valence-corrected chi connectivity index (χ2v) is 16.5. The van der Waals surface area contributed by atoms with Crippen LogP contribution in [-0.4, -0.2) is 188 Å². The number of carbonyl (C=O) groups is 4. The number of ether oxygens (including phenoxy) is 4. The number of nitrogens with one attached hydrogen (secondary N) is 6. The van der Waals surface area contributed by atoms with Crippen molar-refractivity contribution in [3.05, 3.63) is 0 Å². The number of hydrogen-bond donors (Lipinski definition) is 16. The molecule has 0 aromatic heterocycles. The molecule has 18 N–H and O–H groups in total. The summed E-state index contributed by atoms with van der Waals surface area (Å²) < 4.78 is 22.9. The number of aliphatic hydroxyl groups excluding tert-OH is 7. The first-order valence-electron chi connectivity index (χ1n) is 19.8. The molecule has 3 saturated heterocycles. The number of nitrogens with two attached hydrogens (primary N) is 2. The molecule has 0 aromatic carbocycles. The Morgan fingerprint density at radius 2 is 1.47 bits per heavy atom. The van der Waals surface area contributed by atoms with Crippen molar-refractivity contribution in [3.8, 4) is 0 Å². The fourth-order valence-electron chi connectivity index (χ4n) is 8.78. The molecule has 3 heterocycles. The average molecular weight is 863 g/mol. The van der Waals surface area contributed by atoms with E-state index < -0.39 is 116 Å². The maximum Gasteiger partial charge on any atom is 0.226 e. The molecule has 0 bridgehead atoms. The van der Waals surface area contributed by atoms with Crippen molar-refractivity contribution >= 4 is 35.8 Å². The van der Waals surface area contributed by atoms with E-state index in [-0.39, 0.29) is 54.5 Å². The number of likely N-dealkylation sites (N-methyl/N-ethyl adjacent to an activating group) is 1. The van der Waals surface area contributed by atoms with Crippen molar-refractivity contribution in [2.24, 2.45) is 35.1 Å². The summed E-state index contributed by atoms with van der Waals surface area (Å²) in [4.78, 5) is 46.9. The van der Waals surface area contributed by atoms with E-state index in [2.05, 4.69) is 28.2 Å². The lowest BCUT2D eigenvalue weighted by atomic mass is 9.71. The minimum atomic E-state index is -2.39. The molecule has 60 heavy (non-hydrogen) atoms. The molecule has 0 aromatic rings. The Morgan fingerprint density at radius 3 is 2.02 bits per heavy atom. The van der Waals surface area contributed by atoms with Gasteiger partial charge in [0.1, 0.15) is 48.5 Å². The van der Waals surface area contributed by atoms with Crippen LogP contribution in [0.4, 0.5) is 0 Å². The molecule has 2 aliphatic carbocycles. The van der Waals surface area contributed by atoms with Gasteiger partial charge in [-0.2, -0.15) is 0 Å². The molecule has 19 atom stereocenters. The predicted octanol–water partition coefficient (Wildman–Crippen LogP) is -6.70. The van der Waals surface area contributed by atoms with Gasteiger partial charge in [0.15, 0.2) is 36.4 Å². The van der Waals surface area contributed by atoms with Gasteiger partial charge in [0.25, 0.3) is 0 Å². The Hall–Kier alpha value is -3.50. The molecule has 2 amide bonds. The summed E-state index contributed by atoms with van der Waals surface area (Å²) in [6.45, 7) is 4.62. The number of ketones is 1. The van der Waals surface area contributed by atoms with Gasteiger partial charge in [-0.05, 0) is 45.1 Å². The van der Waals surface area contributed by atoms with Crippen LogP contribution in [0.1, 0.15) is 52.9 Å². The van der Waals surface area contributed by atoms with Crippen LogP contribution >= 0.6 is 0 Å². The summed E-state index contributed by atoms with van der Waals surface area (Å²) in [7, 11) is 1.41. The number of aldehydes is 1. The van der Waals surface area contributed by atoms with Crippen molar-refractivity contribution in [2.45, 2.75) is 150 Å². The number of amides is 2. The highest BCUT2D eigenvalue weighted by Crippen LogP contribution is 2.38. The lowest BCUT2D eigenvalue weighted by Gasteiger charge is -2.47. The molecule has 0 spiro atoms. The van der Waals surface area contributed by atoms with Crippen LogP contribution in [0.15, 0.2) is 0 Å². The van der Waals surface area contributed by atoms with E-state index in [1.165, 1.54) is 14.0 Å². The molecule has 5 aliphatic rings. The van der Waals surface area contributed by atoms with E-state index >= 15 is 0 Å². The number of rotatable bonds is 12. The number of Topliss-reactive ketones (excluding diaryl/α,β-unsaturated/α-hetero) is 1. The van der Waals surface area contributed by atoms with Gasteiger partial charge >= 0.3 is 0 Å². The molecule has 5 rings (SSSR count). The standard InChI is InChI=1S/C21H39N7O12.C15H23NO4/c1-5-21(36,4-30)16(40-17-9(26-2)13(34)10(31)6(3-29)38-17)18(37-5)39-15-8(28-20(24)25)11(32)7(27-19(22)23)12(33)14(15)35;1-8-3-9(2)15(20)11(4-8)12(17)5-10-6-13(18)16-14(19)7-10/h4-18,26,29,31-36H,3H2,1-2H3,(H4,22,23,27)(H4,24,25,28);8-12,17H,3-7H2,1-2H3,(H,16,18,19)/t5-,6-,7+,8-,9-,10-,11+,12-,13-,14+,15+,16-,17-,18-,21+;8-,9-,11-,12+/m00/s1.